The van der Waals surface area contributed by atoms with Crippen molar-refractivity contribution in [3.8, 4) is 17.2 Å². The molecule has 4 aromatic rings. The average Bonchev–Trinajstić information content (AvgIpc) is 3.32. The van der Waals surface area contributed by atoms with Crippen LogP contribution in [0.25, 0.3) is 11.0 Å². The van der Waals surface area contributed by atoms with Gasteiger partial charge in [0.2, 0.25) is 6.79 Å². The fourth-order valence-corrected chi connectivity index (χ4v) is 3.92. The second-order valence-electron chi connectivity index (χ2n) is 8.07. The second-order valence-corrected chi connectivity index (χ2v) is 8.07. The van der Waals surface area contributed by atoms with Crippen molar-refractivity contribution in [2.24, 2.45) is 0 Å². The molecular formula is C27H23NO6. The zero-order valence-electron chi connectivity index (χ0n) is 18.6. The van der Waals surface area contributed by atoms with Crippen LogP contribution >= 0.6 is 0 Å². The van der Waals surface area contributed by atoms with Gasteiger partial charge >= 0.3 is 5.63 Å². The average molecular weight is 457 g/mol. The second kappa shape index (κ2) is 9.31. The van der Waals surface area contributed by atoms with Gasteiger partial charge in [0.05, 0.1) is 0 Å². The van der Waals surface area contributed by atoms with Crippen LogP contribution in [-0.2, 0) is 17.8 Å². The monoisotopic (exact) mass is 457 g/mol. The molecule has 0 atom stereocenters. The van der Waals surface area contributed by atoms with Crippen LogP contribution in [0, 0.1) is 6.92 Å². The molecule has 3 aromatic carbocycles. The number of aryl methyl sites for hydroxylation is 1. The van der Waals surface area contributed by atoms with Crippen LogP contribution < -0.4 is 25.2 Å². The summed E-state index contributed by atoms with van der Waals surface area (Å²) in [5, 5.41) is 3.65. The molecule has 0 bridgehead atoms. The molecular weight excluding hydrogens is 434 g/mol. The summed E-state index contributed by atoms with van der Waals surface area (Å²) in [4.78, 5) is 24.9. The Kier molecular flexibility index (Phi) is 5.91. The molecule has 1 amide bonds. The van der Waals surface area contributed by atoms with Crippen LogP contribution in [0.2, 0.25) is 0 Å². The summed E-state index contributed by atoms with van der Waals surface area (Å²) >= 11 is 0. The molecule has 7 heteroatoms. The summed E-state index contributed by atoms with van der Waals surface area (Å²) in [6.07, 6.45) is 0.507. The highest BCUT2D eigenvalue weighted by Gasteiger charge is 2.15. The highest BCUT2D eigenvalue weighted by molar-refractivity contribution is 5.83. The Morgan fingerprint density at radius 1 is 0.971 bits per heavy atom. The quantitative estimate of drug-likeness (QED) is 0.420. The Labute approximate surface area is 195 Å². The largest absolute Gasteiger partial charge is 0.484 e. The van der Waals surface area contributed by atoms with E-state index in [9.17, 15) is 9.59 Å². The molecule has 172 valence electrons. The molecule has 0 saturated heterocycles. The lowest BCUT2D eigenvalue weighted by molar-refractivity contribution is -0.123. The van der Waals surface area contributed by atoms with Crippen molar-refractivity contribution >= 4 is 16.9 Å². The summed E-state index contributed by atoms with van der Waals surface area (Å²) in [6, 6.07) is 20.6. The lowest BCUT2D eigenvalue weighted by Crippen LogP contribution is -2.28. The first-order valence-electron chi connectivity index (χ1n) is 10.9. The SMILES string of the molecule is Cc1c(Cc2ccccc2)c(=O)oc2cc(OCC(=O)NCc3ccc4c(c3)OCO4)ccc12. The maximum absolute atomic E-state index is 12.6. The first kappa shape index (κ1) is 21.6. The Bertz CT molecular complexity index is 1410. The molecule has 1 N–H and O–H groups in total. The highest BCUT2D eigenvalue weighted by atomic mass is 16.7. The van der Waals surface area contributed by atoms with Gasteiger partial charge in [0.15, 0.2) is 18.1 Å². The Morgan fingerprint density at radius 3 is 2.65 bits per heavy atom. The van der Waals surface area contributed by atoms with Crippen molar-refractivity contribution in [2.75, 3.05) is 13.4 Å². The molecule has 5 rings (SSSR count). The summed E-state index contributed by atoms with van der Waals surface area (Å²) in [7, 11) is 0. The van der Waals surface area contributed by atoms with Crippen LogP contribution in [0.4, 0.5) is 0 Å². The maximum atomic E-state index is 12.6. The summed E-state index contributed by atoms with van der Waals surface area (Å²) in [5.74, 6) is 1.55. The first-order chi connectivity index (χ1) is 16.6. The smallest absolute Gasteiger partial charge is 0.340 e. The van der Waals surface area contributed by atoms with Crippen LogP contribution in [0.15, 0.2) is 75.9 Å². The van der Waals surface area contributed by atoms with Crippen molar-refractivity contribution in [3.05, 3.63) is 99.4 Å². The van der Waals surface area contributed by atoms with E-state index in [0.29, 0.717) is 41.4 Å². The number of amides is 1. The molecule has 1 aromatic heterocycles. The number of fused-ring (bicyclic) bond motifs is 2. The zero-order chi connectivity index (χ0) is 23.5. The van der Waals surface area contributed by atoms with E-state index in [2.05, 4.69) is 5.32 Å². The molecule has 34 heavy (non-hydrogen) atoms. The van der Waals surface area contributed by atoms with Gasteiger partial charge in [-0.15, -0.1) is 0 Å². The van der Waals surface area contributed by atoms with Crippen LogP contribution in [0.1, 0.15) is 22.3 Å². The minimum Gasteiger partial charge on any atom is -0.484 e. The molecule has 2 heterocycles. The van der Waals surface area contributed by atoms with Crippen LogP contribution in [0.5, 0.6) is 17.2 Å². The van der Waals surface area contributed by atoms with E-state index < -0.39 is 0 Å². The molecule has 1 aliphatic rings. The fourth-order valence-electron chi connectivity index (χ4n) is 3.92. The van der Waals surface area contributed by atoms with Crippen molar-refractivity contribution < 1.29 is 23.4 Å². The predicted molar refractivity (Wildman–Crippen MR) is 126 cm³/mol. The van der Waals surface area contributed by atoms with Gasteiger partial charge in [-0.2, -0.15) is 0 Å². The Hall–Kier alpha value is -4.26. The number of hydrogen-bond acceptors (Lipinski definition) is 6. The maximum Gasteiger partial charge on any atom is 0.340 e. The van der Waals surface area contributed by atoms with Gasteiger partial charge in [-0.3, -0.25) is 4.79 Å². The van der Waals surface area contributed by atoms with E-state index in [1.54, 1.807) is 12.1 Å². The molecule has 0 fully saturated rings. The van der Waals surface area contributed by atoms with Gasteiger partial charge in [0, 0.05) is 30.0 Å². The molecule has 0 radical (unpaired) electrons. The number of nitrogens with one attached hydrogen (secondary N) is 1. The molecule has 0 aliphatic carbocycles. The number of benzene rings is 3. The third-order valence-corrected chi connectivity index (χ3v) is 5.78. The molecule has 7 nitrogen and oxygen atoms in total. The summed E-state index contributed by atoms with van der Waals surface area (Å²) in [6.45, 7) is 2.31. The van der Waals surface area contributed by atoms with E-state index >= 15 is 0 Å². The van der Waals surface area contributed by atoms with Gasteiger partial charge in [0.25, 0.3) is 5.91 Å². The molecule has 0 unspecified atom stereocenters. The first-order valence-corrected chi connectivity index (χ1v) is 10.9. The van der Waals surface area contributed by atoms with Gasteiger partial charge in [-0.1, -0.05) is 36.4 Å². The van der Waals surface area contributed by atoms with E-state index in [4.69, 9.17) is 18.6 Å². The standard InChI is InChI=1S/C27H23NO6/c1-17-21-9-8-20(13-24(21)34-27(30)22(17)11-18-5-3-2-4-6-18)31-15-26(29)28-14-19-7-10-23-25(12-19)33-16-32-23/h2-10,12-13H,11,14-16H2,1H3,(H,28,29). The van der Waals surface area contributed by atoms with E-state index in [1.807, 2.05) is 61.5 Å². The number of hydrogen-bond donors (Lipinski definition) is 1. The van der Waals surface area contributed by atoms with Crippen molar-refractivity contribution in [1.29, 1.82) is 0 Å². The lowest BCUT2D eigenvalue weighted by Gasteiger charge is -2.11. The van der Waals surface area contributed by atoms with Gasteiger partial charge < -0.3 is 23.9 Å². The molecule has 0 saturated carbocycles. The van der Waals surface area contributed by atoms with Gasteiger partial charge in [-0.05, 0) is 47.9 Å². The van der Waals surface area contributed by atoms with Crippen molar-refractivity contribution in [2.45, 2.75) is 19.9 Å². The topological polar surface area (TPSA) is 87.0 Å². The normalized spacial score (nSPS) is 12.0. The van der Waals surface area contributed by atoms with E-state index in [1.165, 1.54) is 0 Å². The Balaban J connectivity index is 1.23. The van der Waals surface area contributed by atoms with Crippen molar-refractivity contribution in [1.82, 2.24) is 5.32 Å². The lowest BCUT2D eigenvalue weighted by atomic mass is 10.00. The van der Waals surface area contributed by atoms with Crippen LogP contribution in [0.3, 0.4) is 0 Å². The third kappa shape index (κ3) is 4.59. The van der Waals surface area contributed by atoms with Gasteiger partial charge in [0.1, 0.15) is 11.3 Å². The minimum atomic E-state index is -0.368. The van der Waals surface area contributed by atoms with Gasteiger partial charge in [-0.25, -0.2) is 4.79 Å². The number of carbonyl (C=O) groups is 1. The fraction of sp³-hybridized carbons (Fsp3) is 0.185. The minimum absolute atomic E-state index is 0.161. The number of carbonyl (C=O) groups excluding carboxylic acids is 1. The Morgan fingerprint density at radius 2 is 1.79 bits per heavy atom. The molecule has 1 aliphatic heterocycles. The van der Waals surface area contributed by atoms with E-state index in [0.717, 1.165) is 22.1 Å². The van der Waals surface area contributed by atoms with Crippen LogP contribution in [-0.4, -0.2) is 19.3 Å². The summed E-state index contributed by atoms with van der Waals surface area (Å²) < 4.78 is 21.8. The number of ether oxygens (including phenoxy) is 3. The molecule has 0 spiro atoms. The predicted octanol–water partition coefficient (Wildman–Crippen LogP) is 4.12. The van der Waals surface area contributed by atoms with E-state index in [-0.39, 0.29) is 24.9 Å². The number of rotatable bonds is 7. The zero-order valence-corrected chi connectivity index (χ0v) is 18.6. The van der Waals surface area contributed by atoms with Crippen molar-refractivity contribution in [3.63, 3.8) is 0 Å². The third-order valence-electron chi connectivity index (χ3n) is 5.78. The summed E-state index contributed by atoms with van der Waals surface area (Å²) in [5.41, 5.74) is 3.51. The highest BCUT2D eigenvalue weighted by Crippen LogP contribution is 2.32.